The van der Waals surface area contributed by atoms with Crippen LogP contribution >= 0.6 is 0 Å². The van der Waals surface area contributed by atoms with Crippen LogP contribution in [0.4, 0.5) is 4.79 Å². The van der Waals surface area contributed by atoms with Gasteiger partial charge in [0, 0.05) is 25.2 Å². The maximum absolute atomic E-state index is 12.5. The molecule has 0 aliphatic heterocycles. The lowest BCUT2D eigenvalue weighted by Crippen LogP contribution is -2.30. The number of rotatable bonds is 9. The van der Waals surface area contributed by atoms with Gasteiger partial charge in [-0.25, -0.2) is 22.9 Å². The van der Waals surface area contributed by atoms with Gasteiger partial charge in [-0.3, -0.25) is 9.59 Å². The molecule has 0 unspecified atom stereocenters. The number of methoxy groups -OCH3 is 1. The number of hydrogen-bond acceptors (Lipinski definition) is 8. The summed E-state index contributed by atoms with van der Waals surface area (Å²) < 4.78 is 36.0. The van der Waals surface area contributed by atoms with E-state index in [1.54, 1.807) is 12.1 Å². The summed E-state index contributed by atoms with van der Waals surface area (Å²) in [6.07, 6.45) is 1.09. The second-order valence-electron chi connectivity index (χ2n) is 7.22. The van der Waals surface area contributed by atoms with E-state index < -0.39 is 22.1 Å². The first-order chi connectivity index (χ1) is 15.1. The third-order valence-electron chi connectivity index (χ3n) is 4.14. The highest BCUT2D eigenvalue weighted by Gasteiger charge is 2.19. The zero-order chi connectivity index (χ0) is 23.7. The van der Waals surface area contributed by atoms with Gasteiger partial charge in [-0.1, -0.05) is 26.0 Å². The van der Waals surface area contributed by atoms with E-state index in [4.69, 9.17) is 4.74 Å². The Labute approximate surface area is 186 Å². The minimum atomic E-state index is -4.11. The van der Waals surface area contributed by atoms with Gasteiger partial charge in [0.1, 0.15) is 0 Å². The van der Waals surface area contributed by atoms with Crippen LogP contribution in [0, 0.1) is 5.92 Å². The molecule has 0 saturated carbocycles. The fourth-order valence-electron chi connectivity index (χ4n) is 2.57. The maximum atomic E-state index is 12.5. The molecule has 0 aliphatic rings. The highest BCUT2D eigenvalue weighted by atomic mass is 32.2. The number of pyridine rings is 1. The Morgan fingerprint density at radius 2 is 1.75 bits per heavy atom. The molecule has 2 N–H and O–H groups in total. The third-order valence-corrected chi connectivity index (χ3v) is 5.49. The van der Waals surface area contributed by atoms with Crippen LogP contribution in [0.25, 0.3) is 0 Å². The second-order valence-corrected chi connectivity index (χ2v) is 8.90. The molecule has 11 heteroatoms. The summed E-state index contributed by atoms with van der Waals surface area (Å²) in [5, 5.41) is 2.81. The molecule has 2 rings (SSSR count). The van der Waals surface area contributed by atoms with Crippen molar-refractivity contribution in [3.05, 3.63) is 53.7 Å². The Balaban J connectivity index is 1.94. The van der Waals surface area contributed by atoms with Crippen molar-refractivity contribution in [2.24, 2.45) is 5.92 Å². The van der Waals surface area contributed by atoms with Crippen molar-refractivity contribution in [2.75, 3.05) is 13.7 Å². The number of hydrogen-bond donors (Lipinski definition) is 2. The molecule has 2 aromatic rings. The molecule has 172 valence electrons. The van der Waals surface area contributed by atoms with Crippen LogP contribution in [0.2, 0.25) is 0 Å². The second kappa shape index (κ2) is 11.2. The first-order valence-electron chi connectivity index (χ1n) is 9.75. The average Bonchev–Trinajstić information content (AvgIpc) is 2.73. The first kappa shape index (κ1) is 24.8. The van der Waals surface area contributed by atoms with Crippen LogP contribution in [0.3, 0.4) is 0 Å². The molecule has 1 aromatic heterocycles. The predicted molar refractivity (Wildman–Crippen MR) is 115 cm³/mol. The third kappa shape index (κ3) is 7.65. The predicted octanol–water partition coefficient (Wildman–Crippen LogP) is 2.05. The molecule has 0 radical (unpaired) electrons. The lowest BCUT2D eigenvalue weighted by Gasteiger charge is -2.09. The van der Waals surface area contributed by atoms with Crippen LogP contribution in [0.5, 0.6) is 5.88 Å². The fraction of sp³-hybridized carbons (Fsp3) is 0.333. The number of nitrogens with one attached hydrogen (secondary N) is 2. The van der Waals surface area contributed by atoms with Crippen molar-refractivity contribution >= 4 is 28.0 Å². The molecule has 2 amide bonds. The van der Waals surface area contributed by atoms with Crippen molar-refractivity contribution in [1.29, 1.82) is 0 Å². The molecule has 0 aliphatic carbocycles. The lowest BCUT2D eigenvalue weighted by atomic mass is 10.1. The molecule has 0 spiro atoms. The molecular weight excluding hydrogens is 438 g/mol. The largest absolute Gasteiger partial charge is 0.514 e. The van der Waals surface area contributed by atoms with Gasteiger partial charge < -0.3 is 14.8 Å². The topological polar surface area (TPSA) is 141 Å². The molecular formula is C21H25N3O7S. The van der Waals surface area contributed by atoms with E-state index in [2.05, 4.69) is 15.0 Å². The number of amides is 2. The summed E-state index contributed by atoms with van der Waals surface area (Å²) in [4.78, 5) is 38.6. The van der Waals surface area contributed by atoms with Crippen LogP contribution in [-0.2, 0) is 26.0 Å². The van der Waals surface area contributed by atoms with Crippen molar-refractivity contribution in [2.45, 2.75) is 31.6 Å². The number of nitrogens with zero attached hydrogens (tertiary/aromatic N) is 1. The standard InChI is InChI=1S/C21H25N3O7S/c1-14(2)12-18(25)22-11-10-15-4-7-17(8-5-15)32(28,29)24-20(26)16-6-9-19(23-13-16)31-21(27)30-3/h4-9,13-14H,10-12H2,1-3H3,(H,22,25)(H,24,26). The summed E-state index contributed by atoms with van der Waals surface area (Å²) in [5.41, 5.74) is 0.796. The monoisotopic (exact) mass is 463 g/mol. The molecule has 0 bridgehead atoms. The number of benzene rings is 1. The van der Waals surface area contributed by atoms with E-state index in [9.17, 15) is 22.8 Å². The van der Waals surface area contributed by atoms with Crippen LogP contribution < -0.4 is 14.8 Å². The zero-order valence-corrected chi connectivity index (χ0v) is 18.8. The summed E-state index contributed by atoms with van der Waals surface area (Å²) in [5.74, 6) is -0.746. The first-order valence-corrected chi connectivity index (χ1v) is 11.2. The Kier molecular flexibility index (Phi) is 8.71. The van der Waals surface area contributed by atoms with Gasteiger partial charge >= 0.3 is 6.16 Å². The fourth-order valence-corrected chi connectivity index (χ4v) is 3.54. The molecule has 1 heterocycles. The number of aromatic nitrogens is 1. The van der Waals surface area contributed by atoms with E-state index in [1.807, 2.05) is 18.6 Å². The zero-order valence-electron chi connectivity index (χ0n) is 18.0. The number of sulfonamides is 1. The van der Waals surface area contributed by atoms with E-state index in [-0.39, 0.29) is 28.2 Å². The minimum Gasteiger partial charge on any atom is -0.437 e. The Bertz CT molecular complexity index is 1050. The normalized spacial score (nSPS) is 11.0. The van der Waals surface area contributed by atoms with Gasteiger partial charge in [0.05, 0.1) is 17.6 Å². The Morgan fingerprint density at radius 1 is 1.06 bits per heavy atom. The molecule has 32 heavy (non-hydrogen) atoms. The molecule has 0 saturated heterocycles. The molecule has 0 atom stereocenters. The van der Waals surface area contributed by atoms with Crippen LogP contribution in [0.1, 0.15) is 36.2 Å². The van der Waals surface area contributed by atoms with Gasteiger partial charge in [-0.2, -0.15) is 0 Å². The summed E-state index contributed by atoms with van der Waals surface area (Å²) >= 11 is 0. The maximum Gasteiger partial charge on any atom is 0.514 e. The van der Waals surface area contributed by atoms with E-state index >= 15 is 0 Å². The van der Waals surface area contributed by atoms with Crippen molar-refractivity contribution in [3.8, 4) is 5.88 Å². The minimum absolute atomic E-state index is 0.0266. The lowest BCUT2D eigenvalue weighted by molar-refractivity contribution is -0.121. The van der Waals surface area contributed by atoms with E-state index in [0.717, 1.165) is 18.9 Å². The van der Waals surface area contributed by atoms with Crippen molar-refractivity contribution in [3.63, 3.8) is 0 Å². The van der Waals surface area contributed by atoms with Crippen molar-refractivity contribution in [1.82, 2.24) is 15.0 Å². The van der Waals surface area contributed by atoms with E-state index in [1.165, 1.54) is 24.3 Å². The highest BCUT2D eigenvalue weighted by molar-refractivity contribution is 7.90. The number of carbonyl (C=O) groups excluding carboxylic acids is 3. The SMILES string of the molecule is COC(=O)Oc1ccc(C(=O)NS(=O)(=O)c2ccc(CCNC(=O)CC(C)C)cc2)cn1. The van der Waals surface area contributed by atoms with Gasteiger partial charge in [-0.15, -0.1) is 0 Å². The summed E-state index contributed by atoms with van der Waals surface area (Å²) in [6.45, 7) is 4.36. The van der Waals surface area contributed by atoms with Gasteiger partial charge in [0.2, 0.25) is 11.8 Å². The van der Waals surface area contributed by atoms with Gasteiger partial charge in [-0.05, 0) is 36.1 Å². The van der Waals surface area contributed by atoms with E-state index in [0.29, 0.717) is 19.4 Å². The average molecular weight is 464 g/mol. The number of carbonyl (C=O) groups is 3. The molecule has 0 fully saturated rings. The Morgan fingerprint density at radius 3 is 2.31 bits per heavy atom. The molecule has 1 aromatic carbocycles. The number of ether oxygens (including phenoxy) is 2. The van der Waals surface area contributed by atoms with Crippen molar-refractivity contribution < 1.29 is 32.3 Å². The highest BCUT2D eigenvalue weighted by Crippen LogP contribution is 2.13. The van der Waals surface area contributed by atoms with Crippen LogP contribution in [0.15, 0.2) is 47.5 Å². The van der Waals surface area contributed by atoms with Crippen LogP contribution in [-0.4, -0.2) is 45.0 Å². The van der Waals surface area contributed by atoms with Gasteiger partial charge in [0.15, 0.2) is 0 Å². The molecule has 10 nitrogen and oxygen atoms in total. The quantitative estimate of drug-likeness (QED) is 0.538. The summed E-state index contributed by atoms with van der Waals surface area (Å²) in [6, 6.07) is 8.49. The summed E-state index contributed by atoms with van der Waals surface area (Å²) in [7, 11) is -2.98. The van der Waals surface area contributed by atoms with Gasteiger partial charge in [0.25, 0.3) is 15.9 Å². The smallest absolute Gasteiger partial charge is 0.437 e. The Hall–Kier alpha value is -3.47.